The Morgan fingerprint density at radius 2 is 1.39 bits per heavy atom. The van der Waals surface area contributed by atoms with Gasteiger partial charge in [-0.15, -0.1) is 0 Å². The van der Waals surface area contributed by atoms with Gasteiger partial charge in [-0.1, -0.05) is 55.4 Å². The van der Waals surface area contributed by atoms with Gasteiger partial charge in [0.1, 0.15) is 0 Å². The Morgan fingerprint density at radius 3 is 1.89 bits per heavy atom. The van der Waals surface area contributed by atoms with Crippen LogP contribution in [0.25, 0.3) is 0 Å². The van der Waals surface area contributed by atoms with Crippen LogP contribution in [0, 0.1) is 6.92 Å². The van der Waals surface area contributed by atoms with Crippen molar-refractivity contribution in [1.82, 2.24) is 0 Å². The molecule has 0 bridgehead atoms. The molecule has 0 saturated carbocycles. The van der Waals surface area contributed by atoms with Crippen LogP contribution < -0.4 is 0 Å². The average Bonchev–Trinajstić information content (AvgIpc) is 2.41. The summed E-state index contributed by atoms with van der Waals surface area (Å²) in [5.41, 5.74) is 2.75. The lowest BCUT2D eigenvalue weighted by Gasteiger charge is -2.09. The SMILES string of the molecule is CCC(C)c1ccc(Sc2ccc(C)cc2)cc1. The molecule has 1 unspecified atom stereocenters. The second-order valence-corrected chi connectivity index (χ2v) is 5.94. The van der Waals surface area contributed by atoms with E-state index in [9.17, 15) is 0 Å². The topological polar surface area (TPSA) is 0 Å². The maximum Gasteiger partial charge on any atom is 0.0122 e. The highest BCUT2D eigenvalue weighted by atomic mass is 32.2. The second kappa shape index (κ2) is 6.10. The predicted molar refractivity (Wildman–Crippen MR) is 80.5 cm³/mol. The second-order valence-electron chi connectivity index (χ2n) is 4.79. The van der Waals surface area contributed by atoms with E-state index in [1.165, 1.54) is 27.3 Å². The van der Waals surface area contributed by atoms with Crippen molar-refractivity contribution in [3.05, 3.63) is 59.7 Å². The molecule has 18 heavy (non-hydrogen) atoms. The van der Waals surface area contributed by atoms with Crippen LogP contribution in [-0.2, 0) is 0 Å². The quantitative estimate of drug-likeness (QED) is 0.680. The average molecular weight is 256 g/mol. The van der Waals surface area contributed by atoms with E-state index in [1.807, 2.05) is 11.8 Å². The fraction of sp³-hybridized carbons (Fsp3) is 0.294. The molecule has 2 aromatic carbocycles. The van der Waals surface area contributed by atoms with Crippen LogP contribution in [0.4, 0.5) is 0 Å². The minimum absolute atomic E-state index is 0.656. The normalized spacial score (nSPS) is 12.4. The largest absolute Gasteiger partial charge is 0.0901 e. The van der Waals surface area contributed by atoms with Crippen LogP contribution in [-0.4, -0.2) is 0 Å². The molecule has 0 aliphatic carbocycles. The fourth-order valence-electron chi connectivity index (χ4n) is 1.84. The minimum atomic E-state index is 0.656. The summed E-state index contributed by atoms with van der Waals surface area (Å²) in [5.74, 6) is 0.656. The summed E-state index contributed by atoms with van der Waals surface area (Å²) < 4.78 is 0. The molecule has 0 aliphatic heterocycles. The first-order valence-electron chi connectivity index (χ1n) is 6.53. The zero-order valence-corrected chi connectivity index (χ0v) is 12.1. The van der Waals surface area contributed by atoms with Crippen LogP contribution in [0.3, 0.4) is 0 Å². The van der Waals surface area contributed by atoms with Crippen molar-refractivity contribution in [2.45, 2.75) is 42.9 Å². The van der Waals surface area contributed by atoms with Crippen molar-refractivity contribution >= 4 is 11.8 Å². The van der Waals surface area contributed by atoms with E-state index in [-0.39, 0.29) is 0 Å². The summed E-state index contributed by atoms with van der Waals surface area (Å²) in [5, 5.41) is 0. The van der Waals surface area contributed by atoms with Crippen LogP contribution in [0.15, 0.2) is 58.3 Å². The van der Waals surface area contributed by atoms with Gasteiger partial charge >= 0.3 is 0 Å². The third-order valence-electron chi connectivity index (χ3n) is 3.32. The Hall–Kier alpha value is -1.21. The zero-order chi connectivity index (χ0) is 13.0. The molecule has 0 aromatic heterocycles. The lowest BCUT2D eigenvalue weighted by atomic mass is 9.99. The van der Waals surface area contributed by atoms with Gasteiger partial charge in [-0.3, -0.25) is 0 Å². The van der Waals surface area contributed by atoms with E-state index < -0.39 is 0 Å². The maximum absolute atomic E-state index is 2.28. The van der Waals surface area contributed by atoms with Crippen molar-refractivity contribution in [3.63, 3.8) is 0 Å². The van der Waals surface area contributed by atoms with Gasteiger partial charge < -0.3 is 0 Å². The summed E-state index contributed by atoms with van der Waals surface area (Å²) in [7, 11) is 0. The smallest absolute Gasteiger partial charge is 0.0122 e. The molecular formula is C17H20S. The van der Waals surface area contributed by atoms with Gasteiger partial charge in [-0.05, 0) is 49.1 Å². The number of benzene rings is 2. The first-order chi connectivity index (χ1) is 8.69. The molecule has 0 spiro atoms. The van der Waals surface area contributed by atoms with Crippen molar-refractivity contribution in [3.8, 4) is 0 Å². The molecule has 1 atom stereocenters. The van der Waals surface area contributed by atoms with Crippen LogP contribution in [0.1, 0.15) is 37.3 Å². The number of rotatable bonds is 4. The van der Waals surface area contributed by atoms with E-state index in [4.69, 9.17) is 0 Å². The Labute approximate surface area is 114 Å². The van der Waals surface area contributed by atoms with E-state index in [0.29, 0.717) is 5.92 Å². The third kappa shape index (κ3) is 3.39. The van der Waals surface area contributed by atoms with Gasteiger partial charge in [0, 0.05) is 9.79 Å². The molecule has 1 heteroatoms. The molecule has 0 radical (unpaired) electrons. The van der Waals surface area contributed by atoms with E-state index >= 15 is 0 Å². The summed E-state index contributed by atoms with van der Waals surface area (Å²) in [4.78, 5) is 2.61. The van der Waals surface area contributed by atoms with Gasteiger partial charge in [-0.2, -0.15) is 0 Å². The molecule has 0 N–H and O–H groups in total. The molecule has 94 valence electrons. The van der Waals surface area contributed by atoms with Gasteiger partial charge in [0.2, 0.25) is 0 Å². The zero-order valence-electron chi connectivity index (χ0n) is 11.3. The summed E-state index contributed by atoms with van der Waals surface area (Å²) >= 11 is 1.82. The molecule has 0 aliphatic rings. The first kappa shape index (κ1) is 13.2. The van der Waals surface area contributed by atoms with Crippen molar-refractivity contribution in [2.24, 2.45) is 0 Å². The monoisotopic (exact) mass is 256 g/mol. The third-order valence-corrected chi connectivity index (χ3v) is 4.33. The number of aryl methyl sites for hydroxylation is 1. The predicted octanol–water partition coefficient (Wildman–Crippen LogP) is 5.66. The van der Waals surface area contributed by atoms with Gasteiger partial charge in [0.15, 0.2) is 0 Å². The van der Waals surface area contributed by atoms with Crippen molar-refractivity contribution < 1.29 is 0 Å². The highest BCUT2D eigenvalue weighted by Crippen LogP contribution is 2.29. The Bertz CT molecular complexity index is 482. The van der Waals surface area contributed by atoms with E-state index in [0.717, 1.165) is 0 Å². The van der Waals surface area contributed by atoms with Crippen LogP contribution in [0.5, 0.6) is 0 Å². The Kier molecular flexibility index (Phi) is 4.48. The summed E-state index contributed by atoms with van der Waals surface area (Å²) in [6.45, 7) is 6.64. The van der Waals surface area contributed by atoms with E-state index in [2.05, 4.69) is 69.3 Å². The molecule has 0 heterocycles. The molecule has 0 nitrogen and oxygen atoms in total. The van der Waals surface area contributed by atoms with Crippen LogP contribution in [0.2, 0.25) is 0 Å². The standard InChI is InChI=1S/C17H20S/c1-4-14(3)15-7-11-17(12-8-15)18-16-9-5-13(2)6-10-16/h5-12,14H,4H2,1-3H3. The Balaban J connectivity index is 2.08. The molecular weight excluding hydrogens is 236 g/mol. The lowest BCUT2D eigenvalue weighted by Crippen LogP contribution is -1.90. The van der Waals surface area contributed by atoms with E-state index in [1.54, 1.807) is 0 Å². The molecule has 2 aromatic rings. The van der Waals surface area contributed by atoms with Gasteiger partial charge in [0.25, 0.3) is 0 Å². The highest BCUT2D eigenvalue weighted by molar-refractivity contribution is 7.99. The van der Waals surface area contributed by atoms with Crippen molar-refractivity contribution in [2.75, 3.05) is 0 Å². The number of hydrogen-bond donors (Lipinski definition) is 0. The molecule has 0 amide bonds. The lowest BCUT2D eigenvalue weighted by molar-refractivity contribution is 0.733. The van der Waals surface area contributed by atoms with Gasteiger partial charge in [-0.25, -0.2) is 0 Å². The number of hydrogen-bond acceptors (Lipinski definition) is 1. The van der Waals surface area contributed by atoms with Crippen molar-refractivity contribution in [1.29, 1.82) is 0 Å². The Morgan fingerprint density at radius 1 is 0.889 bits per heavy atom. The first-order valence-corrected chi connectivity index (χ1v) is 7.35. The molecule has 0 saturated heterocycles. The highest BCUT2D eigenvalue weighted by Gasteiger charge is 2.03. The summed E-state index contributed by atoms with van der Waals surface area (Å²) in [6, 6.07) is 17.7. The molecule has 0 fully saturated rings. The molecule has 2 rings (SSSR count). The van der Waals surface area contributed by atoms with Gasteiger partial charge in [0.05, 0.1) is 0 Å². The summed E-state index contributed by atoms with van der Waals surface area (Å²) in [6.07, 6.45) is 1.20. The minimum Gasteiger partial charge on any atom is -0.0901 e. The van der Waals surface area contributed by atoms with Crippen LogP contribution >= 0.6 is 11.8 Å². The fourth-order valence-corrected chi connectivity index (χ4v) is 2.66. The maximum atomic E-state index is 2.28.